The lowest BCUT2D eigenvalue weighted by atomic mass is 10.1. The van der Waals surface area contributed by atoms with Gasteiger partial charge >= 0.3 is 0 Å². The van der Waals surface area contributed by atoms with Gasteiger partial charge in [-0.05, 0) is 27.7 Å². The zero-order valence-corrected chi connectivity index (χ0v) is 9.07. The van der Waals surface area contributed by atoms with Crippen LogP contribution < -0.4 is 5.73 Å². The molecule has 0 aliphatic heterocycles. The number of carbonyl (C=O) groups is 2. The van der Waals surface area contributed by atoms with E-state index in [9.17, 15) is 14.7 Å². The lowest BCUT2D eigenvalue weighted by Gasteiger charge is -2.30. The first-order valence-electron chi connectivity index (χ1n) is 4.48. The summed E-state index contributed by atoms with van der Waals surface area (Å²) in [6, 6.07) is -0.165. The minimum atomic E-state index is -1.47. The van der Waals surface area contributed by atoms with Gasteiger partial charge < -0.3 is 15.7 Å². The monoisotopic (exact) mass is 202 g/mol. The van der Waals surface area contributed by atoms with Gasteiger partial charge in [0.15, 0.2) is 0 Å². The Morgan fingerprint density at radius 2 is 1.86 bits per heavy atom. The molecular formula is C9H18N2O3. The van der Waals surface area contributed by atoms with Crippen LogP contribution in [0.1, 0.15) is 27.7 Å². The van der Waals surface area contributed by atoms with Crippen LogP contribution in [0.25, 0.3) is 0 Å². The van der Waals surface area contributed by atoms with E-state index in [1.165, 1.54) is 18.7 Å². The predicted octanol–water partition coefficient (Wildman–Crippen LogP) is -0.520. The van der Waals surface area contributed by atoms with E-state index in [2.05, 4.69) is 0 Å². The molecule has 0 saturated heterocycles. The summed E-state index contributed by atoms with van der Waals surface area (Å²) < 4.78 is 0. The fourth-order valence-corrected chi connectivity index (χ4v) is 1.01. The second-order valence-electron chi connectivity index (χ2n) is 4.05. The number of carbonyl (C=O) groups excluding carboxylic acids is 2. The van der Waals surface area contributed by atoms with E-state index >= 15 is 0 Å². The Hall–Kier alpha value is -1.10. The van der Waals surface area contributed by atoms with Crippen molar-refractivity contribution in [1.29, 1.82) is 0 Å². The molecule has 14 heavy (non-hydrogen) atoms. The topological polar surface area (TPSA) is 83.6 Å². The SMILES string of the molecule is CC(C)N(CC(N)=O)C(=O)C(C)(C)O. The zero-order valence-electron chi connectivity index (χ0n) is 9.07. The van der Waals surface area contributed by atoms with E-state index in [0.29, 0.717) is 0 Å². The molecule has 0 saturated carbocycles. The average Bonchev–Trinajstić information content (AvgIpc) is 1.96. The van der Waals surface area contributed by atoms with Crippen LogP contribution in [-0.2, 0) is 9.59 Å². The van der Waals surface area contributed by atoms with Gasteiger partial charge in [-0.1, -0.05) is 0 Å². The second kappa shape index (κ2) is 4.41. The molecule has 0 unspecified atom stereocenters. The van der Waals surface area contributed by atoms with Crippen molar-refractivity contribution >= 4 is 11.8 Å². The Bertz CT molecular complexity index is 231. The minimum Gasteiger partial charge on any atom is -0.381 e. The second-order valence-corrected chi connectivity index (χ2v) is 4.05. The summed E-state index contributed by atoms with van der Waals surface area (Å²) in [7, 11) is 0. The number of amides is 2. The highest BCUT2D eigenvalue weighted by molar-refractivity contribution is 5.88. The summed E-state index contributed by atoms with van der Waals surface area (Å²) in [6.07, 6.45) is 0. The normalized spacial score (nSPS) is 11.6. The third-order valence-electron chi connectivity index (χ3n) is 1.73. The number of aliphatic hydroxyl groups is 1. The van der Waals surface area contributed by atoms with Crippen LogP contribution in [0.4, 0.5) is 0 Å². The van der Waals surface area contributed by atoms with Gasteiger partial charge in [0.1, 0.15) is 5.60 Å². The fourth-order valence-electron chi connectivity index (χ4n) is 1.01. The maximum atomic E-state index is 11.6. The van der Waals surface area contributed by atoms with Crippen molar-refractivity contribution in [1.82, 2.24) is 4.90 Å². The molecule has 3 N–H and O–H groups in total. The third-order valence-corrected chi connectivity index (χ3v) is 1.73. The van der Waals surface area contributed by atoms with Gasteiger partial charge in [-0.2, -0.15) is 0 Å². The Morgan fingerprint density at radius 3 is 2.07 bits per heavy atom. The molecule has 0 aromatic carbocycles. The molecule has 0 aromatic heterocycles. The molecule has 0 rings (SSSR count). The van der Waals surface area contributed by atoms with E-state index in [0.717, 1.165) is 0 Å². The highest BCUT2D eigenvalue weighted by atomic mass is 16.3. The molecule has 0 radical (unpaired) electrons. The van der Waals surface area contributed by atoms with Crippen LogP contribution >= 0.6 is 0 Å². The van der Waals surface area contributed by atoms with Gasteiger partial charge in [0.2, 0.25) is 5.91 Å². The van der Waals surface area contributed by atoms with Crippen molar-refractivity contribution in [3.63, 3.8) is 0 Å². The van der Waals surface area contributed by atoms with Crippen LogP contribution in [0, 0.1) is 0 Å². The number of nitrogens with zero attached hydrogens (tertiary/aromatic N) is 1. The van der Waals surface area contributed by atoms with Gasteiger partial charge in [0.25, 0.3) is 5.91 Å². The number of hydrogen-bond donors (Lipinski definition) is 2. The highest BCUT2D eigenvalue weighted by Gasteiger charge is 2.31. The number of nitrogens with two attached hydrogens (primary N) is 1. The first-order valence-corrected chi connectivity index (χ1v) is 4.48. The predicted molar refractivity (Wildman–Crippen MR) is 52.3 cm³/mol. The van der Waals surface area contributed by atoms with E-state index in [-0.39, 0.29) is 12.6 Å². The molecule has 0 aliphatic rings. The molecule has 0 bridgehead atoms. The fraction of sp³-hybridized carbons (Fsp3) is 0.778. The summed E-state index contributed by atoms with van der Waals surface area (Å²) in [5.74, 6) is -1.08. The molecule has 0 spiro atoms. The van der Waals surface area contributed by atoms with Crippen LogP contribution in [0.5, 0.6) is 0 Å². The van der Waals surface area contributed by atoms with Crippen molar-refractivity contribution in [3.8, 4) is 0 Å². The molecule has 82 valence electrons. The van der Waals surface area contributed by atoms with Crippen molar-refractivity contribution in [2.75, 3.05) is 6.54 Å². The summed E-state index contributed by atoms with van der Waals surface area (Å²) in [5.41, 5.74) is 3.53. The number of primary amides is 1. The molecule has 0 aliphatic carbocycles. The van der Waals surface area contributed by atoms with Gasteiger partial charge in [0, 0.05) is 6.04 Å². The molecule has 2 amide bonds. The van der Waals surface area contributed by atoms with Gasteiger partial charge in [-0.15, -0.1) is 0 Å². The van der Waals surface area contributed by atoms with Gasteiger partial charge in [-0.3, -0.25) is 9.59 Å². The van der Waals surface area contributed by atoms with Crippen molar-refractivity contribution in [2.24, 2.45) is 5.73 Å². The summed E-state index contributed by atoms with van der Waals surface area (Å²) in [4.78, 5) is 23.6. The Morgan fingerprint density at radius 1 is 1.43 bits per heavy atom. The smallest absolute Gasteiger partial charge is 0.254 e. The summed E-state index contributed by atoms with van der Waals surface area (Å²) >= 11 is 0. The molecular weight excluding hydrogens is 184 g/mol. The maximum Gasteiger partial charge on any atom is 0.254 e. The molecule has 0 heterocycles. The van der Waals surface area contributed by atoms with Gasteiger partial charge in [-0.25, -0.2) is 0 Å². The lowest BCUT2D eigenvalue weighted by molar-refractivity contribution is -0.151. The highest BCUT2D eigenvalue weighted by Crippen LogP contribution is 2.10. The van der Waals surface area contributed by atoms with E-state index in [4.69, 9.17) is 5.73 Å². The quantitative estimate of drug-likeness (QED) is 0.643. The van der Waals surface area contributed by atoms with E-state index in [1.54, 1.807) is 13.8 Å². The number of hydrogen-bond acceptors (Lipinski definition) is 3. The molecule has 0 fully saturated rings. The minimum absolute atomic E-state index is 0.165. The van der Waals surface area contributed by atoms with Crippen LogP contribution in [-0.4, -0.2) is 40.0 Å². The van der Waals surface area contributed by atoms with E-state index in [1.807, 2.05) is 0 Å². The van der Waals surface area contributed by atoms with Crippen LogP contribution in [0.2, 0.25) is 0 Å². The summed E-state index contributed by atoms with van der Waals surface area (Å²) in [5, 5.41) is 9.48. The average molecular weight is 202 g/mol. The van der Waals surface area contributed by atoms with Crippen molar-refractivity contribution < 1.29 is 14.7 Å². The Labute approximate surface area is 83.9 Å². The molecule has 5 nitrogen and oxygen atoms in total. The van der Waals surface area contributed by atoms with Crippen molar-refractivity contribution in [2.45, 2.75) is 39.3 Å². The summed E-state index contributed by atoms with van der Waals surface area (Å²) in [6.45, 7) is 6.11. The largest absolute Gasteiger partial charge is 0.381 e. The van der Waals surface area contributed by atoms with Gasteiger partial charge in [0.05, 0.1) is 6.54 Å². The molecule has 5 heteroatoms. The first kappa shape index (κ1) is 12.9. The van der Waals surface area contributed by atoms with Crippen LogP contribution in [0.3, 0.4) is 0 Å². The Kier molecular flexibility index (Phi) is 4.07. The Balaban J connectivity index is 4.67. The van der Waals surface area contributed by atoms with Crippen molar-refractivity contribution in [3.05, 3.63) is 0 Å². The van der Waals surface area contributed by atoms with Crippen LogP contribution in [0.15, 0.2) is 0 Å². The molecule has 0 aromatic rings. The zero-order chi connectivity index (χ0) is 11.5. The molecule has 0 atom stereocenters. The maximum absolute atomic E-state index is 11.6. The standard InChI is InChI=1S/C9H18N2O3/c1-6(2)11(5-7(10)12)8(13)9(3,4)14/h6,14H,5H2,1-4H3,(H2,10,12). The first-order chi connectivity index (χ1) is 6.16. The van der Waals surface area contributed by atoms with E-state index < -0.39 is 17.4 Å². The third kappa shape index (κ3) is 3.74. The number of rotatable bonds is 4. The lowest BCUT2D eigenvalue weighted by Crippen LogP contribution is -2.51.